The molecule has 110 valence electrons. The molecule has 2 aromatic rings. The van der Waals surface area contributed by atoms with Crippen LogP contribution >= 0.6 is 0 Å². The second-order valence-corrected chi connectivity index (χ2v) is 5.96. The summed E-state index contributed by atoms with van der Waals surface area (Å²) in [6.07, 6.45) is 0.888. The number of benzene rings is 1. The molecular formula is C16H19N3O2. The van der Waals surface area contributed by atoms with Gasteiger partial charge in [-0.25, -0.2) is 4.98 Å². The van der Waals surface area contributed by atoms with E-state index in [1.165, 1.54) is 0 Å². The minimum atomic E-state index is -0.0567. The van der Waals surface area contributed by atoms with Gasteiger partial charge in [-0.2, -0.15) is 5.26 Å². The Hall–Kier alpha value is -2.22. The van der Waals surface area contributed by atoms with Gasteiger partial charge in [-0.15, -0.1) is 0 Å². The Morgan fingerprint density at radius 3 is 2.67 bits per heavy atom. The van der Waals surface area contributed by atoms with Crippen molar-refractivity contribution >= 4 is 11.0 Å². The van der Waals surface area contributed by atoms with E-state index in [2.05, 4.69) is 24.5 Å². The summed E-state index contributed by atoms with van der Waals surface area (Å²) in [5, 5.41) is 9.10. The van der Waals surface area contributed by atoms with E-state index in [0.29, 0.717) is 12.5 Å². The van der Waals surface area contributed by atoms with Gasteiger partial charge in [0.05, 0.1) is 23.0 Å². The topological polar surface area (TPSA) is 60.1 Å². The average Bonchev–Trinajstić information content (AvgIpc) is 3.00. The van der Waals surface area contributed by atoms with Crippen LogP contribution in [0.1, 0.15) is 26.6 Å². The van der Waals surface area contributed by atoms with Crippen LogP contribution < -0.4 is 9.47 Å². The Morgan fingerprint density at radius 1 is 1.29 bits per heavy atom. The molecule has 1 unspecified atom stereocenters. The fourth-order valence-electron chi connectivity index (χ4n) is 2.60. The maximum atomic E-state index is 9.10. The largest absolute Gasteiger partial charge is 0.454 e. The molecule has 2 heterocycles. The lowest BCUT2D eigenvalue weighted by Gasteiger charge is -2.12. The van der Waals surface area contributed by atoms with Crippen LogP contribution in [-0.2, 0) is 13.0 Å². The van der Waals surface area contributed by atoms with Crippen LogP contribution in [0.3, 0.4) is 0 Å². The summed E-state index contributed by atoms with van der Waals surface area (Å²) in [5.74, 6) is 2.97. The van der Waals surface area contributed by atoms with Crippen LogP contribution in [0.15, 0.2) is 12.1 Å². The molecule has 1 atom stereocenters. The molecule has 0 fully saturated rings. The quantitative estimate of drug-likeness (QED) is 0.866. The first kappa shape index (κ1) is 13.7. The maximum Gasteiger partial charge on any atom is 0.231 e. The number of ether oxygens (including phenoxy) is 2. The smallest absolute Gasteiger partial charge is 0.231 e. The number of rotatable bonds is 4. The average molecular weight is 285 g/mol. The molecule has 1 aliphatic heterocycles. The van der Waals surface area contributed by atoms with Gasteiger partial charge in [0.2, 0.25) is 6.79 Å². The third-order valence-corrected chi connectivity index (χ3v) is 3.59. The highest BCUT2D eigenvalue weighted by Crippen LogP contribution is 2.36. The van der Waals surface area contributed by atoms with E-state index >= 15 is 0 Å². The van der Waals surface area contributed by atoms with Gasteiger partial charge in [-0.3, -0.25) is 0 Å². The van der Waals surface area contributed by atoms with Crippen LogP contribution in [-0.4, -0.2) is 16.3 Å². The highest BCUT2D eigenvalue weighted by atomic mass is 16.7. The Morgan fingerprint density at radius 2 is 2.00 bits per heavy atom. The lowest BCUT2D eigenvalue weighted by atomic mass is 10.1. The molecule has 1 aromatic heterocycles. The molecule has 0 saturated carbocycles. The zero-order valence-corrected chi connectivity index (χ0v) is 12.6. The molecule has 1 aromatic carbocycles. The number of hydrogen-bond acceptors (Lipinski definition) is 4. The van der Waals surface area contributed by atoms with Gasteiger partial charge in [-0.05, 0) is 12.8 Å². The van der Waals surface area contributed by atoms with Crippen LogP contribution in [0.25, 0.3) is 11.0 Å². The number of aromatic nitrogens is 2. The van der Waals surface area contributed by atoms with Gasteiger partial charge in [0.1, 0.15) is 5.82 Å². The van der Waals surface area contributed by atoms with Gasteiger partial charge in [0.15, 0.2) is 11.5 Å². The molecule has 0 N–H and O–H groups in total. The highest BCUT2D eigenvalue weighted by Gasteiger charge is 2.20. The summed E-state index contributed by atoms with van der Waals surface area (Å²) in [4.78, 5) is 4.74. The molecule has 3 rings (SSSR count). The fourth-order valence-corrected chi connectivity index (χ4v) is 2.60. The highest BCUT2D eigenvalue weighted by molar-refractivity contribution is 5.81. The van der Waals surface area contributed by atoms with Crippen molar-refractivity contribution in [1.29, 1.82) is 5.26 Å². The molecule has 0 spiro atoms. The van der Waals surface area contributed by atoms with Gasteiger partial charge in [0.25, 0.3) is 0 Å². The lowest BCUT2D eigenvalue weighted by Crippen LogP contribution is -2.11. The molecule has 0 aliphatic carbocycles. The normalized spacial score (nSPS) is 14.6. The molecule has 0 bridgehead atoms. The van der Waals surface area contributed by atoms with E-state index in [1.807, 2.05) is 19.1 Å². The molecule has 5 heteroatoms. The molecule has 0 amide bonds. The SMILES string of the molecule is CC(C)Cc1nc2cc3c(cc2n1CC(C)C#N)OCO3. The van der Waals surface area contributed by atoms with Crippen molar-refractivity contribution < 1.29 is 9.47 Å². The number of fused-ring (bicyclic) bond motifs is 2. The molecule has 0 saturated heterocycles. The van der Waals surface area contributed by atoms with Gasteiger partial charge >= 0.3 is 0 Å². The van der Waals surface area contributed by atoms with Gasteiger partial charge in [0, 0.05) is 25.1 Å². The Kier molecular flexibility index (Phi) is 3.46. The monoisotopic (exact) mass is 285 g/mol. The number of hydrogen-bond donors (Lipinski definition) is 0. The number of nitrogens with zero attached hydrogens (tertiary/aromatic N) is 3. The summed E-state index contributed by atoms with van der Waals surface area (Å²) < 4.78 is 13.0. The maximum absolute atomic E-state index is 9.10. The minimum Gasteiger partial charge on any atom is -0.454 e. The third-order valence-electron chi connectivity index (χ3n) is 3.59. The third kappa shape index (κ3) is 2.54. The van der Waals surface area contributed by atoms with Crippen LogP contribution in [0.4, 0.5) is 0 Å². The minimum absolute atomic E-state index is 0.0567. The van der Waals surface area contributed by atoms with E-state index in [4.69, 9.17) is 19.7 Å². The van der Waals surface area contributed by atoms with Crippen molar-refractivity contribution in [2.75, 3.05) is 6.79 Å². The van der Waals surface area contributed by atoms with E-state index in [0.717, 1.165) is 34.8 Å². The van der Waals surface area contributed by atoms with Gasteiger partial charge in [-0.1, -0.05) is 13.8 Å². The van der Waals surface area contributed by atoms with E-state index in [1.54, 1.807) is 0 Å². The zero-order valence-electron chi connectivity index (χ0n) is 12.6. The fraction of sp³-hybridized carbons (Fsp3) is 0.500. The van der Waals surface area contributed by atoms with Crippen molar-refractivity contribution in [3.63, 3.8) is 0 Å². The number of nitriles is 1. The summed E-state index contributed by atoms with van der Waals surface area (Å²) in [6.45, 7) is 7.18. The van der Waals surface area contributed by atoms with Crippen molar-refractivity contribution in [3.05, 3.63) is 18.0 Å². The molecule has 5 nitrogen and oxygen atoms in total. The Bertz CT molecular complexity index is 712. The van der Waals surface area contributed by atoms with Crippen molar-refractivity contribution in [2.24, 2.45) is 11.8 Å². The van der Waals surface area contributed by atoms with Crippen LogP contribution in [0, 0.1) is 23.2 Å². The number of imidazole rings is 1. The summed E-state index contributed by atoms with van der Waals surface area (Å²) in [6, 6.07) is 6.19. The molecule has 0 radical (unpaired) electrons. The summed E-state index contributed by atoms with van der Waals surface area (Å²) >= 11 is 0. The lowest BCUT2D eigenvalue weighted by molar-refractivity contribution is 0.174. The first-order valence-electron chi connectivity index (χ1n) is 7.27. The van der Waals surface area contributed by atoms with E-state index < -0.39 is 0 Å². The van der Waals surface area contributed by atoms with Crippen molar-refractivity contribution in [2.45, 2.75) is 33.7 Å². The molecule has 1 aliphatic rings. The standard InChI is InChI=1S/C16H19N3O2/c1-10(2)4-16-18-12-5-14-15(21-9-20-14)6-13(12)19(16)8-11(3)7-17/h5-6,10-11H,4,8-9H2,1-3H3. The van der Waals surface area contributed by atoms with E-state index in [-0.39, 0.29) is 12.7 Å². The second-order valence-electron chi connectivity index (χ2n) is 5.96. The molecular weight excluding hydrogens is 266 g/mol. The first-order valence-corrected chi connectivity index (χ1v) is 7.27. The first-order chi connectivity index (χ1) is 10.1. The Balaban J connectivity index is 2.12. The van der Waals surface area contributed by atoms with Crippen LogP contribution in [0.2, 0.25) is 0 Å². The van der Waals surface area contributed by atoms with E-state index in [9.17, 15) is 0 Å². The van der Waals surface area contributed by atoms with Gasteiger partial charge < -0.3 is 14.0 Å². The zero-order chi connectivity index (χ0) is 15.0. The second kappa shape index (κ2) is 5.28. The summed E-state index contributed by atoms with van der Waals surface area (Å²) in [7, 11) is 0. The Labute approximate surface area is 124 Å². The predicted molar refractivity (Wildman–Crippen MR) is 79.2 cm³/mol. The van der Waals surface area contributed by atoms with Crippen molar-refractivity contribution in [3.8, 4) is 17.6 Å². The van der Waals surface area contributed by atoms with Crippen LogP contribution in [0.5, 0.6) is 11.5 Å². The van der Waals surface area contributed by atoms with Crippen molar-refractivity contribution in [1.82, 2.24) is 9.55 Å². The predicted octanol–water partition coefficient (Wildman–Crippen LogP) is 3.12. The summed E-state index contributed by atoms with van der Waals surface area (Å²) in [5.41, 5.74) is 1.91. The molecule has 21 heavy (non-hydrogen) atoms.